The van der Waals surface area contributed by atoms with Crippen LogP contribution < -0.4 is 20.5 Å². The van der Waals surface area contributed by atoms with E-state index >= 15 is 0 Å². The number of rotatable bonds is 3. The molecular weight excluding hydrogens is 256 g/mol. The molecule has 1 fully saturated rings. The zero-order valence-corrected chi connectivity index (χ0v) is 11.5. The lowest BCUT2D eigenvalue weighted by Gasteiger charge is -2.39. The number of carbonyl (C=O) groups excluding carboxylic acids is 1. The summed E-state index contributed by atoms with van der Waals surface area (Å²) in [5, 5.41) is 2.95. The standard InChI is InChI=1S/C15H20N2O3/c16-10-15(5-1-6-15)14(18)17-11-3-4-12-13(9-11)20-8-2-7-19-12/h3-4,9H,1-2,5-8,10,16H2,(H,17,18). The number of anilines is 1. The summed E-state index contributed by atoms with van der Waals surface area (Å²) in [6.07, 6.45) is 3.69. The molecular formula is C15H20N2O3. The van der Waals surface area contributed by atoms with Crippen molar-refractivity contribution in [3.63, 3.8) is 0 Å². The van der Waals surface area contributed by atoms with Crippen molar-refractivity contribution >= 4 is 11.6 Å². The minimum Gasteiger partial charge on any atom is -0.490 e. The zero-order chi connectivity index (χ0) is 14.0. The predicted molar refractivity (Wildman–Crippen MR) is 76.0 cm³/mol. The molecule has 0 radical (unpaired) electrons. The van der Waals surface area contributed by atoms with Crippen LogP contribution >= 0.6 is 0 Å². The highest BCUT2D eigenvalue weighted by atomic mass is 16.5. The first-order valence-corrected chi connectivity index (χ1v) is 7.15. The summed E-state index contributed by atoms with van der Waals surface area (Å²) < 4.78 is 11.2. The van der Waals surface area contributed by atoms with E-state index in [4.69, 9.17) is 15.2 Å². The van der Waals surface area contributed by atoms with Gasteiger partial charge in [-0.15, -0.1) is 0 Å². The number of amides is 1. The third-order valence-corrected chi connectivity index (χ3v) is 4.19. The van der Waals surface area contributed by atoms with Crippen molar-refractivity contribution in [2.45, 2.75) is 25.7 Å². The van der Waals surface area contributed by atoms with E-state index in [0.29, 0.717) is 25.5 Å². The summed E-state index contributed by atoms with van der Waals surface area (Å²) in [6.45, 7) is 1.70. The van der Waals surface area contributed by atoms with E-state index in [1.807, 2.05) is 18.2 Å². The summed E-state index contributed by atoms with van der Waals surface area (Å²) in [7, 11) is 0. The minimum absolute atomic E-state index is 0.0146. The number of carbonyl (C=O) groups is 1. The molecule has 2 aliphatic rings. The van der Waals surface area contributed by atoms with E-state index < -0.39 is 0 Å². The van der Waals surface area contributed by atoms with Crippen molar-refractivity contribution in [2.75, 3.05) is 25.1 Å². The number of hydrogen-bond donors (Lipinski definition) is 2. The average Bonchev–Trinajstić information content (AvgIpc) is 2.62. The molecule has 0 spiro atoms. The summed E-state index contributed by atoms with van der Waals surface area (Å²) in [5.74, 6) is 1.44. The van der Waals surface area contributed by atoms with E-state index in [2.05, 4.69) is 5.32 Å². The van der Waals surface area contributed by atoms with Crippen LogP contribution in [0.25, 0.3) is 0 Å². The molecule has 3 rings (SSSR count). The normalized spacial score (nSPS) is 19.6. The predicted octanol–water partition coefficient (Wildman–Crippen LogP) is 1.92. The molecule has 1 saturated carbocycles. The molecule has 5 nitrogen and oxygen atoms in total. The smallest absolute Gasteiger partial charge is 0.231 e. The molecule has 0 atom stereocenters. The lowest BCUT2D eigenvalue weighted by Crippen LogP contribution is -2.47. The topological polar surface area (TPSA) is 73.6 Å². The third-order valence-electron chi connectivity index (χ3n) is 4.19. The second kappa shape index (κ2) is 5.32. The summed E-state index contributed by atoms with van der Waals surface area (Å²) >= 11 is 0. The Hall–Kier alpha value is -1.75. The van der Waals surface area contributed by atoms with Gasteiger partial charge in [0.1, 0.15) is 0 Å². The molecule has 1 amide bonds. The molecule has 0 bridgehead atoms. The molecule has 1 heterocycles. The largest absolute Gasteiger partial charge is 0.490 e. The Morgan fingerprint density at radius 3 is 2.60 bits per heavy atom. The monoisotopic (exact) mass is 276 g/mol. The minimum atomic E-state index is -0.371. The Labute approximate surface area is 118 Å². The number of ether oxygens (including phenoxy) is 2. The van der Waals surface area contributed by atoms with E-state index in [1.54, 1.807) is 0 Å². The number of nitrogens with one attached hydrogen (secondary N) is 1. The van der Waals surface area contributed by atoms with E-state index in [9.17, 15) is 4.79 Å². The van der Waals surface area contributed by atoms with Gasteiger partial charge in [0.05, 0.1) is 18.6 Å². The fourth-order valence-electron chi connectivity index (χ4n) is 2.63. The Morgan fingerprint density at radius 2 is 1.95 bits per heavy atom. The SMILES string of the molecule is NCC1(C(=O)Nc2ccc3c(c2)OCCCO3)CCC1. The molecule has 0 unspecified atom stereocenters. The molecule has 1 aliphatic heterocycles. The molecule has 0 saturated heterocycles. The van der Waals surface area contributed by atoms with Gasteiger partial charge < -0.3 is 20.5 Å². The van der Waals surface area contributed by atoms with Crippen LogP contribution in [0.3, 0.4) is 0 Å². The first kappa shape index (κ1) is 13.2. The summed E-state index contributed by atoms with van der Waals surface area (Å²) in [4.78, 5) is 12.3. The van der Waals surface area contributed by atoms with E-state index in [-0.39, 0.29) is 11.3 Å². The number of nitrogens with two attached hydrogens (primary N) is 1. The quantitative estimate of drug-likeness (QED) is 0.884. The van der Waals surface area contributed by atoms with Gasteiger partial charge in [0.15, 0.2) is 11.5 Å². The van der Waals surface area contributed by atoms with Gasteiger partial charge in [0, 0.05) is 24.7 Å². The van der Waals surface area contributed by atoms with Crippen molar-refractivity contribution < 1.29 is 14.3 Å². The number of benzene rings is 1. The highest BCUT2D eigenvalue weighted by Crippen LogP contribution is 2.41. The Balaban J connectivity index is 1.74. The Morgan fingerprint density at radius 1 is 1.20 bits per heavy atom. The first-order chi connectivity index (χ1) is 9.73. The van der Waals surface area contributed by atoms with Gasteiger partial charge >= 0.3 is 0 Å². The van der Waals surface area contributed by atoms with Crippen molar-refractivity contribution in [2.24, 2.45) is 11.1 Å². The van der Waals surface area contributed by atoms with Crippen molar-refractivity contribution in [3.05, 3.63) is 18.2 Å². The van der Waals surface area contributed by atoms with Crippen LogP contribution in [-0.4, -0.2) is 25.7 Å². The maximum Gasteiger partial charge on any atom is 0.231 e. The fourth-order valence-corrected chi connectivity index (χ4v) is 2.63. The van der Waals surface area contributed by atoms with E-state index in [1.165, 1.54) is 0 Å². The van der Waals surface area contributed by atoms with Gasteiger partial charge in [-0.1, -0.05) is 6.42 Å². The maximum absolute atomic E-state index is 12.3. The van der Waals surface area contributed by atoms with Crippen molar-refractivity contribution in [1.29, 1.82) is 0 Å². The highest BCUT2D eigenvalue weighted by Gasteiger charge is 2.42. The van der Waals surface area contributed by atoms with Gasteiger partial charge in [-0.3, -0.25) is 4.79 Å². The van der Waals surface area contributed by atoms with Gasteiger partial charge in [-0.05, 0) is 25.0 Å². The van der Waals surface area contributed by atoms with Crippen LogP contribution in [0.4, 0.5) is 5.69 Å². The lowest BCUT2D eigenvalue weighted by atomic mass is 9.68. The molecule has 0 aromatic heterocycles. The number of hydrogen-bond acceptors (Lipinski definition) is 4. The second-order valence-corrected chi connectivity index (χ2v) is 5.50. The number of fused-ring (bicyclic) bond motifs is 1. The second-order valence-electron chi connectivity index (χ2n) is 5.50. The molecule has 5 heteroatoms. The van der Waals surface area contributed by atoms with Crippen LogP contribution in [0, 0.1) is 5.41 Å². The van der Waals surface area contributed by atoms with Gasteiger partial charge in [0.2, 0.25) is 5.91 Å². The Bertz CT molecular complexity index is 506. The third kappa shape index (κ3) is 2.33. The molecule has 1 aliphatic carbocycles. The van der Waals surface area contributed by atoms with Crippen LogP contribution in [0.1, 0.15) is 25.7 Å². The van der Waals surface area contributed by atoms with Gasteiger partial charge in [-0.25, -0.2) is 0 Å². The molecule has 20 heavy (non-hydrogen) atoms. The Kier molecular flexibility index (Phi) is 3.53. The van der Waals surface area contributed by atoms with E-state index in [0.717, 1.165) is 37.1 Å². The average molecular weight is 276 g/mol. The molecule has 1 aromatic carbocycles. The fraction of sp³-hybridized carbons (Fsp3) is 0.533. The van der Waals surface area contributed by atoms with Crippen LogP contribution in [0.15, 0.2) is 18.2 Å². The summed E-state index contributed by atoms with van der Waals surface area (Å²) in [6, 6.07) is 5.50. The summed E-state index contributed by atoms with van der Waals surface area (Å²) in [5.41, 5.74) is 6.11. The lowest BCUT2D eigenvalue weighted by molar-refractivity contribution is -0.129. The van der Waals surface area contributed by atoms with Gasteiger partial charge in [-0.2, -0.15) is 0 Å². The molecule has 1 aromatic rings. The highest BCUT2D eigenvalue weighted by molar-refractivity contribution is 5.96. The molecule has 3 N–H and O–H groups in total. The van der Waals surface area contributed by atoms with Crippen LogP contribution in [0.2, 0.25) is 0 Å². The van der Waals surface area contributed by atoms with Crippen molar-refractivity contribution in [1.82, 2.24) is 0 Å². The van der Waals surface area contributed by atoms with Crippen LogP contribution in [0.5, 0.6) is 11.5 Å². The zero-order valence-electron chi connectivity index (χ0n) is 11.5. The van der Waals surface area contributed by atoms with Crippen LogP contribution in [-0.2, 0) is 4.79 Å². The first-order valence-electron chi connectivity index (χ1n) is 7.15. The van der Waals surface area contributed by atoms with Gasteiger partial charge in [0.25, 0.3) is 0 Å². The maximum atomic E-state index is 12.3. The molecule has 108 valence electrons. The van der Waals surface area contributed by atoms with Crippen molar-refractivity contribution in [3.8, 4) is 11.5 Å².